The molecule has 0 aliphatic carbocycles. The molecule has 0 bridgehead atoms. The number of hydrogen-bond acceptors (Lipinski definition) is 2. The summed E-state index contributed by atoms with van der Waals surface area (Å²) in [4.78, 5) is -0.602. The van der Waals surface area contributed by atoms with Crippen molar-refractivity contribution in [3.63, 3.8) is 0 Å². The zero-order valence-electron chi connectivity index (χ0n) is 11.8. The van der Waals surface area contributed by atoms with Gasteiger partial charge >= 0.3 is 12.4 Å². The number of alkyl halides is 6. The Labute approximate surface area is 133 Å². The second-order valence-electron chi connectivity index (χ2n) is 4.98. The third-order valence-corrected chi connectivity index (χ3v) is 4.82. The quantitative estimate of drug-likeness (QED) is 0.736. The Morgan fingerprint density at radius 1 is 0.750 bits per heavy atom. The van der Waals surface area contributed by atoms with E-state index in [1.807, 2.05) is 0 Å². The van der Waals surface area contributed by atoms with Crippen LogP contribution in [-0.2, 0) is 27.9 Å². The normalized spacial score (nSPS) is 13.1. The maximum absolute atomic E-state index is 12.6. The summed E-state index contributed by atoms with van der Waals surface area (Å²) in [6, 6.07) is 6.72. The Kier molecular flexibility index (Phi) is 4.67. The van der Waals surface area contributed by atoms with Crippen molar-refractivity contribution in [2.75, 3.05) is 0 Å². The Bertz CT molecular complexity index is 838. The van der Waals surface area contributed by atoms with Gasteiger partial charge in [0.25, 0.3) is 0 Å². The highest BCUT2D eigenvalue weighted by Gasteiger charge is 2.32. The van der Waals surface area contributed by atoms with Crippen LogP contribution >= 0.6 is 0 Å². The summed E-state index contributed by atoms with van der Waals surface area (Å²) in [6.07, 6.45) is -9.36. The van der Waals surface area contributed by atoms with Crippen molar-refractivity contribution in [2.45, 2.75) is 23.0 Å². The molecule has 24 heavy (non-hydrogen) atoms. The minimum absolute atomic E-state index is 0.165. The fourth-order valence-corrected chi connectivity index (χ4v) is 3.38. The lowest BCUT2D eigenvalue weighted by Crippen LogP contribution is -2.10. The molecule has 0 aliphatic rings. The largest absolute Gasteiger partial charge is 0.416 e. The van der Waals surface area contributed by atoms with Crippen molar-refractivity contribution < 1.29 is 34.8 Å². The fourth-order valence-electron chi connectivity index (χ4n) is 2.01. The minimum Gasteiger partial charge on any atom is -0.223 e. The van der Waals surface area contributed by atoms with Crippen molar-refractivity contribution in [1.29, 1.82) is 0 Å². The predicted octanol–water partition coefficient (Wildman–Crippen LogP) is 4.70. The summed E-state index contributed by atoms with van der Waals surface area (Å²) in [5.41, 5.74) is -2.34. The van der Waals surface area contributed by atoms with E-state index in [0.29, 0.717) is 18.2 Å². The Morgan fingerprint density at radius 2 is 1.25 bits per heavy atom. The van der Waals surface area contributed by atoms with E-state index in [9.17, 15) is 34.8 Å². The van der Waals surface area contributed by atoms with Crippen LogP contribution in [0.3, 0.4) is 0 Å². The second-order valence-corrected chi connectivity index (χ2v) is 6.97. The number of halogens is 6. The maximum Gasteiger partial charge on any atom is 0.416 e. The van der Waals surface area contributed by atoms with E-state index >= 15 is 0 Å². The standard InChI is InChI=1S/C15H10F6O2S/c16-14(17,18)11-4-1-3-10(7-11)9-24(22,23)13-6-2-5-12(8-13)15(19,20)21/h1-8H,9H2. The molecular weight excluding hydrogens is 358 g/mol. The summed E-state index contributed by atoms with van der Waals surface area (Å²) in [7, 11) is -4.23. The average Bonchev–Trinajstić information content (AvgIpc) is 2.45. The van der Waals surface area contributed by atoms with E-state index in [1.54, 1.807) is 0 Å². The van der Waals surface area contributed by atoms with Crippen LogP contribution in [0.25, 0.3) is 0 Å². The Hall–Kier alpha value is -2.03. The van der Waals surface area contributed by atoms with Gasteiger partial charge in [-0.1, -0.05) is 24.3 Å². The third-order valence-electron chi connectivity index (χ3n) is 3.13. The molecule has 2 aromatic rings. The van der Waals surface area contributed by atoms with Gasteiger partial charge in [-0.2, -0.15) is 26.3 Å². The summed E-state index contributed by atoms with van der Waals surface area (Å²) in [6.45, 7) is 0. The van der Waals surface area contributed by atoms with Gasteiger partial charge in [-0.15, -0.1) is 0 Å². The molecule has 0 amide bonds. The summed E-state index contributed by atoms with van der Waals surface area (Å²) < 4.78 is 100. The lowest BCUT2D eigenvalue weighted by Gasteiger charge is -2.11. The van der Waals surface area contributed by atoms with E-state index in [1.165, 1.54) is 6.07 Å². The van der Waals surface area contributed by atoms with E-state index in [4.69, 9.17) is 0 Å². The van der Waals surface area contributed by atoms with E-state index in [0.717, 1.165) is 24.3 Å². The van der Waals surface area contributed by atoms with Gasteiger partial charge in [0.1, 0.15) is 0 Å². The van der Waals surface area contributed by atoms with E-state index in [-0.39, 0.29) is 5.56 Å². The molecule has 0 fully saturated rings. The molecule has 9 heteroatoms. The fraction of sp³-hybridized carbons (Fsp3) is 0.200. The molecule has 0 aromatic heterocycles. The van der Waals surface area contributed by atoms with Crippen LogP contribution in [0.1, 0.15) is 16.7 Å². The number of rotatable bonds is 3. The van der Waals surface area contributed by atoms with Crippen LogP contribution in [0.15, 0.2) is 53.4 Å². The smallest absolute Gasteiger partial charge is 0.223 e. The molecule has 0 saturated heterocycles. The topological polar surface area (TPSA) is 34.1 Å². The predicted molar refractivity (Wildman–Crippen MR) is 73.8 cm³/mol. The van der Waals surface area contributed by atoms with Gasteiger partial charge in [-0.05, 0) is 29.8 Å². The van der Waals surface area contributed by atoms with Gasteiger partial charge < -0.3 is 0 Å². The van der Waals surface area contributed by atoms with Crippen molar-refractivity contribution in [3.05, 3.63) is 65.2 Å². The average molecular weight is 368 g/mol. The highest BCUT2D eigenvalue weighted by atomic mass is 32.2. The van der Waals surface area contributed by atoms with Gasteiger partial charge in [0.15, 0.2) is 9.84 Å². The van der Waals surface area contributed by atoms with Crippen LogP contribution in [0.5, 0.6) is 0 Å². The monoisotopic (exact) mass is 368 g/mol. The molecule has 0 saturated carbocycles. The first-order chi connectivity index (χ1) is 10.9. The number of hydrogen-bond donors (Lipinski definition) is 0. The minimum atomic E-state index is -4.72. The molecule has 0 radical (unpaired) electrons. The highest BCUT2D eigenvalue weighted by Crippen LogP contribution is 2.32. The van der Waals surface area contributed by atoms with Gasteiger partial charge in [-0.3, -0.25) is 0 Å². The first-order valence-corrected chi connectivity index (χ1v) is 8.11. The van der Waals surface area contributed by atoms with Crippen molar-refractivity contribution in [2.24, 2.45) is 0 Å². The molecule has 0 atom stereocenters. The second kappa shape index (κ2) is 6.12. The van der Waals surface area contributed by atoms with Crippen molar-refractivity contribution >= 4 is 9.84 Å². The van der Waals surface area contributed by atoms with Crippen LogP contribution in [0.2, 0.25) is 0 Å². The summed E-state index contributed by atoms with van der Waals surface area (Å²) in [5.74, 6) is -0.835. The first-order valence-electron chi connectivity index (χ1n) is 6.46. The van der Waals surface area contributed by atoms with Crippen LogP contribution in [0.4, 0.5) is 26.3 Å². The lowest BCUT2D eigenvalue weighted by molar-refractivity contribution is -0.138. The zero-order chi connectivity index (χ0) is 18.2. The van der Waals surface area contributed by atoms with Gasteiger partial charge in [-0.25, -0.2) is 8.42 Å². The lowest BCUT2D eigenvalue weighted by atomic mass is 10.1. The molecule has 0 spiro atoms. The number of sulfone groups is 1. The third kappa shape index (κ3) is 4.28. The molecule has 2 nitrogen and oxygen atoms in total. The van der Waals surface area contributed by atoms with Gasteiger partial charge in [0.2, 0.25) is 0 Å². The van der Waals surface area contributed by atoms with Gasteiger partial charge in [0, 0.05) is 0 Å². The number of benzene rings is 2. The Balaban J connectivity index is 2.36. The Morgan fingerprint density at radius 3 is 1.79 bits per heavy atom. The van der Waals surface area contributed by atoms with E-state index < -0.39 is 44.0 Å². The van der Waals surface area contributed by atoms with Crippen LogP contribution in [-0.4, -0.2) is 8.42 Å². The molecule has 0 unspecified atom stereocenters. The molecule has 0 aliphatic heterocycles. The summed E-state index contributed by atoms with van der Waals surface area (Å²) >= 11 is 0. The molecule has 130 valence electrons. The van der Waals surface area contributed by atoms with Gasteiger partial charge in [0.05, 0.1) is 21.8 Å². The van der Waals surface area contributed by atoms with Crippen molar-refractivity contribution in [1.82, 2.24) is 0 Å². The molecule has 2 aromatic carbocycles. The van der Waals surface area contributed by atoms with Crippen LogP contribution < -0.4 is 0 Å². The zero-order valence-corrected chi connectivity index (χ0v) is 12.6. The molecule has 0 heterocycles. The maximum atomic E-state index is 12.6. The van der Waals surface area contributed by atoms with Crippen molar-refractivity contribution in [3.8, 4) is 0 Å². The van der Waals surface area contributed by atoms with Crippen LogP contribution in [0, 0.1) is 0 Å². The SMILES string of the molecule is O=S(=O)(Cc1cccc(C(F)(F)F)c1)c1cccc(C(F)(F)F)c1. The molecular formula is C15H10F6O2S. The first kappa shape index (κ1) is 18.3. The van der Waals surface area contributed by atoms with E-state index in [2.05, 4.69) is 0 Å². The molecule has 0 N–H and O–H groups in total. The molecule has 2 rings (SSSR count). The summed E-state index contributed by atoms with van der Waals surface area (Å²) in [5, 5.41) is 0. The highest BCUT2D eigenvalue weighted by molar-refractivity contribution is 7.90.